The lowest BCUT2D eigenvalue weighted by Crippen LogP contribution is -2.42. The molecule has 1 amide bonds. The van der Waals surface area contributed by atoms with Crippen molar-refractivity contribution >= 4 is 12.1 Å². The number of likely N-dealkylation sites (tertiary alicyclic amines) is 1. The van der Waals surface area contributed by atoms with Crippen LogP contribution < -0.4 is 0 Å². The molecule has 0 aromatic carbocycles. The van der Waals surface area contributed by atoms with Gasteiger partial charge in [-0.05, 0) is 52.4 Å². The minimum Gasteiger partial charge on any atom is -0.481 e. The van der Waals surface area contributed by atoms with E-state index in [4.69, 9.17) is 9.84 Å². The first-order chi connectivity index (χ1) is 8.78. The van der Waals surface area contributed by atoms with E-state index >= 15 is 0 Å². The summed E-state index contributed by atoms with van der Waals surface area (Å²) in [6.45, 7) is 7.01. The molecule has 0 bridgehead atoms. The Balaban J connectivity index is 2.37. The second-order valence-corrected chi connectivity index (χ2v) is 6.22. The minimum absolute atomic E-state index is 0.211. The van der Waals surface area contributed by atoms with Crippen molar-refractivity contribution in [3.8, 4) is 0 Å². The normalized spacial score (nSPS) is 20.2. The van der Waals surface area contributed by atoms with Crippen molar-refractivity contribution in [2.24, 2.45) is 5.92 Å². The van der Waals surface area contributed by atoms with E-state index in [9.17, 15) is 9.59 Å². The molecule has 5 heteroatoms. The summed E-state index contributed by atoms with van der Waals surface area (Å²) in [5.41, 5.74) is -0.465. The first kappa shape index (κ1) is 15.8. The molecule has 0 radical (unpaired) electrons. The van der Waals surface area contributed by atoms with Gasteiger partial charge < -0.3 is 14.7 Å². The van der Waals surface area contributed by atoms with Gasteiger partial charge in [0.25, 0.3) is 0 Å². The van der Waals surface area contributed by atoms with Crippen molar-refractivity contribution in [3.63, 3.8) is 0 Å². The van der Waals surface area contributed by atoms with Gasteiger partial charge in [-0.3, -0.25) is 4.79 Å². The Labute approximate surface area is 114 Å². The second-order valence-electron chi connectivity index (χ2n) is 6.22. The van der Waals surface area contributed by atoms with Gasteiger partial charge in [-0.2, -0.15) is 0 Å². The fourth-order valence-electron chi connectivity index (χ4n) is 2.33. The summed E-state index contributed by atoms with van der Waals surface area (Å²) in [4.78, 5) is 24.2. The number of hydrogen-bond acceptors (Lipinski definition) is 3. The molecule has 0 aromatic rings. The molecular formula is C14H25NO4. The van der Waals surface area contributed by atoms with Crippen molar-refractivity contribution in [3.05, 3.63) is 0 Å². The molecule has 19 heavy (non-hydrogen) atoms. The fraction of sp³-hybridized carbons (Fsp3) is 0.857. The highest BCUT2D eigenvalue weighted by Gasteiger charge is 2.27. The molecule has 0 saturated carbocycles. The van der Waals surface area contributed by atoms with Gasteiger partial charge in [0.05, 0.1) is 0 Å². The molecule has 0 aliphatic carbocycles. The van der Waals surface area contributed by atoms with E-state index in [1.165, 1.54) is 0 Å². The van der Waals surface area contributed by atoms with Crippen LogP contribution in [0.4, 0.5) is 4.79 Å². The van der Waals surface area contributed by atoms with E-state index in [1.54, 1.807) is 4.90 Å². The number of aliphatic carboxylic acids is 1. The average molecular weight is 271 g/mol. The molecule has 1 fully saturated rings. The predicted octanol–water partition coefficient (Wildman–Crippen LogP) is 2.89. The van der Waals surface area contributed by atoms with Crippen LogP contribution in [-0.2, 0) is 9.53 Å². The number of amides is 1. The first-order valence-electron chi connectivity index (χ1n) is 6.97. The zero-order valence-corrected chi connectivity index (χ0v) is 12.1. The molecule has 0 aromatic heterocycles. The zero-order valence-electron chi connectivity index (χ0n) is 12.1. The Hall–Kier alpha value is -1.26. The number of nitrogens with zero attached hydrogens (tertiary/aromatic N) is 1. The van der Waals surface area contributed by atoms with Crippen molar-refractivity contribution in [1.82, 2.24) is 4.90 Å². The smallest absolute Gasteiger partial charge is 0.410 e. The van der Waals surface area contributed by atoms with E-state index in [2.05, 4.69) is 0 Å². The van der Waals surface area contributed by atoms with E-state index in [0.717, 1.165) is 25.8 Å². The molecule has 1 saturated heterocycles. The van der Waals surface area contributed by atoms with Crippen LogP contribution in [0.2, 0.25) is 0 Å². The SMILES string of the molecule is CC(C)(C)OC(=O)N1CCC[C@@H](CCCC(=O)O)C1. The number of hydrogen-bond donors (Lipinski definition) is 1. The van der Waals surface area contributed by atoms with Crippen molar-refractivity contribution in [2.45, 2.75) is 58.5 Å². The standard InChI is InChI=1S/C14H25NO4/c1-14(2,3)19-13(18)15-9-5-7-11(10-15)6-4-8-12(16)17/h11H,4-10H2,1-3H3,(H,16,17)/t11-/m1/s1. The van der Waals surface area contributed by atoms with Gasteiger partial charge >= 0.3 is 12.1 Å². The van der Waals surface area contributed by atoms with Crippen molar-refractivity contribution in [2.75, 3.05) is 13.1 Å². The topological polar surface area (TPSA) is 66.8 Å². The lowest BCUT2D eigenvalue weighted by Gasteiger charge is -2.34. The molecule has 1 aliphatic heterocycles. The van der Waals surface area contributed by atoms with Crippen molar-refractivity contribution in [1.29, 1.82) is 0 Å². The molecular weight excluding hydrogens is 246 g/mol. The number of carbonyl (C=O) groups excluding carboxylic acids is 1. The summed E-state index contributed by atoms with van der Waals surface area (Å²) >= 11 is 0. The summed E-state index contributed by atoms with van der Waals surface area (Å²) in [5.74, 6) is -0.347. The minimum atomic E-state index is -0.750. The highest BCUT2D eigenvalue weighted by atomic mass is 16.6. The Morgan fingerprint density at radius 2 is 2.05 bits per heavy atom. The maximum absolute atomic E-state index is 12.0. The molecule has 1 atom stereocenters. The lowest BCUT2D eigenvalue weighted by molar-refractivity contribution is -0.137. The molecule has 110 valence electrons. The van der Waals surface area contributed by atoms with Crippen LogP contribution >= 0.6 is 0 Å². The summed E-state index contributed by atoms with van der Waals surface area (Å²) in [6.07, 6.45) is 3.54. The van der Waals surface area contributed by atoms with Crippen LogP contribution in [0.1, 0.15) is 52.9 Å². The Morgan fingerprint density at radius 1 is 1.37 bits per heavy atom. The van der Waals surface area contributed by atoms with Crippen LogP contribution in [-0.4, -0.2) is 40.8 Å². The molecule has 0 unspecified atom stereocenters. The molecule has 1 heterocycles. The molecule has 0 spiro atoms. The van der Waals surface area contributed by atoms with Gasteiger partial charge in [-0.25, -0.2) is 4.79 Å². The Bertz CT molecular complexity index is 322. The van der Waals surface area contributed by atoms with Crippen molar-refractivity contribution < 1.29 is 19.4 Å². The van der Waals surface area contributed by atoms with E-state index in [1.807, 2.05) is 20.8 Å². The van der Waals surface area contributed by atoms with Crippen LogP contribution in [0.3, 0.4) is 0 Å². The number of carboxylic acids is 1. The van der Waals surface area contributed by atoms with Gasteiger partial charge in [-0.1, -0.05) is 0 Å². The van der Waals surface area contributed by atoms with Gasteiger partial charge in [-0.15, -0.1) is 0 Å². The average Bonchev–Trinajstić information content (AvgIpc) is 2.26. The second kappa shape index (κ2) is 6.78. The summed E-state index contributed by atoms with van der Waals surface area (Å²) in [5, 5.41) is 8.63. The van der Waals surface area contributed by atoms with Gasteiger partial charge in [0.15, 0.2) is 0 Å². The van der Waals surface area contributed by atoms with Crippen LogP contribution in [0.15, 0.2) is 0 Å². The van der Waals surface area contributed by atoms with E-state index < -0.39 is 11.6 Å². The molecule has 5 nitrogen and oxygen atoms in total. The predicted molar refractivity (Wildman–Crippen MR) is 72.0 cm³/mol. The highest BCUT2D eigenvalue weighted by molar-refractivity contribution is 5.68. The maximum Gasteiger partial charge on any atom is 0.410 e. The number of rotatable bonds is 4. The van der Waals surface area contributed by atoms with Gasteiger partial charge in [0.2, 0.25) is 0 Å². The largest absolute Gasteiger partial charge is 0.481 e. The number of ether oxygens (including phenoxy) is 1. The Kier molecular flexibility index (Phi) is 5.63. The fourth-order valence-corrected chi connectivity index (χ4v) is 2.33. The Morgan fingerprint density at radius 3 is 2.63 bits per heavy atom. The highest BCUT2D eigenvalue weighted by Crippen LogP contribution is 2.23. The summed E-state index contributed by atoms with van der Waals surface area (Å²) in [6, 6.07) is 0. The van der Waals surface area contributed by atoms with Gasteiger partial charge in [0.1, 0.15) is 5.60 Å². The zero-order chi connectivity index (χ0) is 14.5. The quantitative estimate of drug-likeness (QED) is 0.853. The molecule has 1 rings (SSSR count). The number of carboxylic acid groups (broad SMARTS) is 1. The summed E-state index contributed by atoms with van der Waals surface area (Å²) < 4.78 is 5.36. The molecule has 1 aliphatic rings. The van der Waals surface area contributed by atoms with Crippen LogP contribution in [0.25, 0.3) is 0 Å². The summed E-state index contributed by atoms with van der Waals surface area (Å²) in [7, 11) is 0. The monoisotopic (exact) mass is 271 g/mol. The lowest BCUT2D eigenvalue weighted by atomic mass is 9.93. The third kappa shape index (κ3) is 6.45. The van der Waals surface area contributed by atoms with Crippen LogP contribution in [0.5, 0.6) is 0 Å². The third-order valence-corrected chi connectivity index (χ3v) is 3.17. The molecule has 1 N–H and O–H groups in total. The van der Waals surface area contributed by atoms with Crippen LogP contribution in [0, 0.1) is 5.92 Å². The van der Waals surface area contributed by atoms with E-state index in [-0.39, 0.29) is 12.5 Å². The van der Waals surface area contributed by atoms with Gasteiger partial charge in [0, 0.05) is 19.5 Å². The third-order valence-electron chi connectivity index (χ3n) is 3.17. The van der Waals surface area contributed by atoms with E-state index in [0.29, 0.717) is 18.9 Å². The number of carbonyl (C=O) groups is 2. The maximum atomic E-state index is 12.0. The number of piperidine rings is 1. The first-order valence-corrected chi connectivity index (χ1v) is 6.97.